The molecular weight excluding hydrogens is 490 g/mol. The van der Waals surface area contributed by atoms with Gasteiger partial charge in [0.25, 0.3) is 10.2 Å². The summed E-state index contributed by atoms with van der Waals surface area (Å²) in [6, 6.07) is 19.9. The number of fused-ring (bicyclic) bond motifs is 2. The second-order valence-electron chi connectivity index (χ2n) is 10.3. The number of piperidine rings is 1. The van der Waals surface area contributed by atoms with Gasteiger partial charge in [-0.05, 0) is 43.7 Å². The smallest absolute Gasteiger partial charge is 0.328 e. The lowest BCUT2D eigenvalue weighted by atomic mass is 9.96. The summed E-state index contributed by atoms with van der Waals surface area (Å²) in [7, 11) is -3.85. The van der Waals surface area contributed by atoms with Gasteiger partial charge in [0.05, 0.1) is 19.3 Å². The summed E-state index contributed by atoms with van der Waals surface area (Å²) in [6.45, 7) is 4.91. The van der Waals surface area contributed by atoms with E-state index >= 15 is 0 Å². The summed E-state index contributed by atoms with van der Waals surface area (Å²) in [4.78, 5) is 15.6. The maximum Gasteiger partial charge on any atom is 0.328 e. The van der Waals surface area contributed by atoms with Crippen molar-refractivity contribution in [3.63, 3.8) is 0 Å². The van der Waals surface area contributed by atoms with Crippen molar-refractivity contribution in [2.24, 2.45) is 0 Å². The molecule has 0 aliphatic carbocycles. The van der Waals surface area contributed by atoms with Gasteiger partial charge < -0.3 is 9.47 Å². The lowest BCUT2D eigenvalue weighted by molar-refractivity contribution is -0.157. The number of likely N-dealkylation sites (tertiary alicyclic amines) is 1. The van der Waals surface area contributed by atoms with Crippen LogP contribution >= 0.6 is 0 Å². The van der Waals surface area contributed by atoms with Gasteiger partial charge in [0, 0.05) is 38.8 Å². The average molecular weight is 528 g/mol. The van der Waals surface area contributed by atoms with Crippen molar-refractivity contribution in [1.29, 1.82) is 0 Å². The van der Waals surface area contributed by atoms with Gasteiger partial charge in [-0.25, -0.2) is 4.79 Å². The SMILES string of the molecule is CCOC(=O)C12CCC(CN(Cc3ccccc3)C1)N2S(=O)(=O)N1CCC(OCc2ccccc2)CC1. The van der Waals surface area contributed by atoms with Crippen molar-refractivity contribution in [1.82, 2.24) is 13.5 Å². The molecule has 0 saturated carbocycles. The highest BCUT2D eigenvalue weighted by Gasteiger charge is 2.62. The molecule has 3 aliphatic rings. The van der Waals surface area contributed by atoms with Crippen molar-refractivity contribution in [2.45, 2.75) is 63.4 Å². The summed E-state index contributed by atoms with van der Waals surface area (Å²) in [5, 5.41) is 0. The number of esters is 1. The summed E-state index contributed by atoms with van der Waals surface area (Å²) in [6.07, 6.45) is 2.43. The van der Waals surface area contributed by atoms with E-state index in [4.69, 9.17) is 9.47 Å². The lowest BCUT2D eigenvalue weighted by Gasteiger charge is -2.48. The molecule has 8 nitrogen and oxygen atoms in total. The maximum atomic E-state index is 14.1. The third-order valence-electron chi connectivity index (χ3n) is 7.81. The van der Waals surface area contributed by atoms with Gasteiger partial charge in [-0.15, -0.1) is 0 Å². The summed E-state index contributed by atoms with van der Waals surface area (Å²) < 4.78 is 42.7. The average Bonchev–Trinajstić information content (AvgIpc) is 3.18. The highest BCUT2D eigenvalue weighted by Crippen LogP contribution is 2.43. The highest BCUT2D eigenvalue weighted by molar-refractivity contribution is 7.86. The van der Waals surface area contributed by atoms with Gasteiger partial charge in [0.1, 0.15) is 5.54 Å². The quantitative estimate of drug-likeness (QED) is 0.466. The van der Waals surface area contributed by atoms with Crippen LogP contribution < -0.4 is 0 Å². The molecule has 3 heterocycles. The van der Waals surface area contributed by atoms with Crippen LogP contribution in [0, 0.1) is 0 Å². The second-order valence-corrected chi connectivity index (χ2v) is 12.1. The van der Waals surface area contributed by atoms with Gasteiger partial charge in [-0.3, -0.25) is 4.90 Å². The fraction of sp³-hybridized carbons (Fsp3) is 0.536. The molecule has 2 bridgehead atoms. The molecule has 3 saturated heterocycles. The first-order chi connectivity index (χ1) is 17.9. The number of ether oxygens (including phenoxy) is 2. The summed E-state index contributed by atoms with van der Waals surface area (Å²) in [5.41, 5.74) is 1.07. The number of rotatable bonds is 9. The number of hydrogen-bond acceptors (Lipinski definition) is 6. The van der Waals surface area contributed by atoms with Crippen LogP contribution in [0.3, 0.4) is 0 Å². The third kappa shape index (κ3) is 5.47. The van der Waals surface area contributed by atoms with E-state index in [0.717, 1.165) is 11.1 Å². The van der Waals surface area contributed by atoms with Crippen LogP contribution in [0.25, 0.3) is 0 Å². The third-order valence-corrected chi connectivity index (χ3v) is 9.97. The Bertz CT molecular complexity index is 1150. The Morgan fingerprint density at radius 1 is 0.973 bits per heavy atom. The number of carbonyl (C=O) groups is 1. The first kappa shape index (κ1) is 26.3. The summed E-state index contributed by atoms with van der Waals surface area (Å²) >= 11 is 0. The number of carbonyl (C=O) groups excluding carboxylic acids is 1. The molecule has 2 atom stereocenters. The van der Waals surface area contributed by atoms with Crippen LogP contribution in [-0.2, 0) is 37.6 Å². The van der Waals surface area contributed by atoms with E-state index in [1.54, 1.807) is 11.2 Å². The topological polar surface area (TPSA) is 79.4 Å². The molecule has 3 aliphatic heterocycles. The summed E-state index contributed by atoms with van der Waals surface area (Å²) in [5.74, 6) is -0.431. The molecule has 0 aromatic heterocycles. The second kappa shape index (κ2) is 11.2. The van der Waals surface area contributed by atoms with E-state index in [2.05, 4.69) is 17.0 Å². The van der Waals surface area contributed by atoms with E-state index in [0.29, 0.717) is 65.0 Å². The molecule has 5 rings (SSSR count). The minimum absolute atomic E-state index is 0.0186. The van der Waals surface area contributed by atoms with E-state index in [1.165, 1.54) is 4.31 Å². The normalized spacial score (nSPS) is 25.8. The fourth-order valence-corrected chi connectivity index (χ4v) is 8.20. The number of nitrogens with zero attached hydrogens (tertiary/aromatic N) is 3. The zero-order chi connectivity index (χ0) is 25.9. The lowest BCUT2D eigenvalue weighted by Crippen LogP contribution is -2.68. The highest BCUT2D eigenvalue weighted by atomic mass is 32.2. The van der Waals surface area contributed by atoms with Crippen LogP contribution in [0.4, 0.5) is 0 Å². The number of piperazine rings is 1. The molecule has 37 heavy (non-hydrogen) atoms. The number of hydrogen-bond donors (Lipinski definition) is 0. The molecule has 200 valence electrons. The Hall–Kier alpha value is -2.30. The minimum atomic E-state index is -3.85. The predicted octanol–water partition coefficient (Wildman–Crippen LogP) is 3.19. The van der Waals surface area contributed by atoms with Gasteiger partial charge >= 0.3 is 5.97 Å². The van der Waals surface area contributed by atoms with Gasteiger partial charge in [-0.1, -0.05) is 60.7 Å². The molecule has 0 amide bonds. The molecule has 2 aromatic rings. The van der Waals surface area contributed by atoms with E-state index in [9.17, 15) is 13.2 Å². The molecule has 3 fully saturated rings. The molecule has 2 unspecified atom stereocenters. The maximum absolute atomic E-state index is 14.1. The first-order valence-corrected chi connectivity index (χ1v) is 14.7. The van der Waals surface area contributed by atoms with Gasteiger partial charge in [0.15, 0.2) is 0 Å². The van der Waals surface area contributed by atoms with Gasteiger partial charge in [-0.2, -0.15) is 17.0 Å². The Kier molecular flexibility index (Phi) is 7.97. The minimum Gasteiger partial charge on any atom is -0.465 e. The molecule has 0 spiro atoms. The largest absolute Gasteiger partial charge is 0.465 e. The predicted molar refractivity (Wildman–Crippen MR) is 141 cm³/mol. The zero-order valence-corrected chi connectivity index (χ0v) is 22.3. The van der Waals surface area contributed by atoms with Crippen molar-refractivity contribution in [3.8, 4) is 0 Å². The fourth-order valence-electron chi connectivity index (χ4n) is 6.06. The molecule has 0 N–H and O–H groups in total. The van der Waals surface area contributed by atoms with Crippen molar-refractivity contribution < 1.29 is 22.7 Å². The van der Waals surface area contributed by atoms with Crippen molar-refractivity contribution >= 4 is 16.2 Å². The Balaban J connectivity index is 1.29. The zero-order valence-electron chi connectivity index (χ0n) is 21.5. The van der Waals surface area contributed by atoms with Crippen molar-refractivity contribution in [3.05, 3.63) is 71.8 Å². The molecule has 0 radical (unpaired) electrons. The van der Waals surface area contributed by atoms with E-state index in [-0.39, 0.29) is 18.8 Å². The van der Waals surface area contributed by atoms with E-state index in [1.807, 2.05) is 48.5 Å². The van der Waals surface area contributed by atoms with Crippen LogP contribution in [0.5, 0.6) is 0 Å². The monoisotopic (exact) mass is 527 g/mol. The Morgan fingerprint density at radius 3 is 2.27 bits per heavy atom. The van der Waals surface area contributed by atoms with Crippen molar-refractivity contribution in [2.75, 3.05) is 32.8 Å². The number of benzene rings is 2. The molecular formula is C28H37N3O5S. The first-order valence-electron chi connectivity index (χ1n) is 13.3. The van der Waals surface area contributed by atoms with Crippen LogP contribution in [0.15, 0.2) is 60.7 Å². The van der Waals surface area contributed by atoms with Crippen LogP contribution in [0.2, 0.25) is 0 Å². The standard InChI is InChI=1S/C28H37N3O5S/c1-2-35-27(32)28-16-13-25(20-29(22-28)19-23-9-5-3-6-10-23)31(28)37(33,34)30-17-14-26(15-18-30)36-21-24-11-7-4-8-12-24/h3-12,25-26H,2,13-22H2,1H3. The van der Waals surface area contributed by atoms with Gasteiger partial charge in [0.2, 0.25) is 0 Å². The van der Waals surface area contributed by atoms with Crippen LogP contribution in [0.1, 0.15) is 43.7 Å². The van der Waals surface area contributed by atoms with E-state index < -0.39 is 21.7 Å². The van der Waals surface area contributed by atoms with Crippen LogP contribution in [-0.4, -0.2) is 78.4 Å². The molecule has 9 heteroatoms. The molecule has 2 aromatic carbocycles. The Labute approximate surface area is 220 Å². The Morgan fingerprint density at radius 2 is 1.62 bits per heavy atom.